The highest BCUT2D eigenvalue weighted by molar-refractivity contribution is 6.53. The predicted octanol–water partition coefficient (Wildman–Crippen LogP) is 5.90. The molecule has 38 heavy (non-hydrogen) atoms. The quantitative estimate of drug-likeness (QED) is 0.279. The molecule has 3 aromatic rings. The van der Waals surface area contributed by atoms with E-state index in [0.29, 0.717) is 33.2 Å². The maximum atomic E-state index is 13.0. The normalized spacial score (nSPS) is 13.3. The number of anilines is 3. The number of amides is 3. The predicted molar refractivity (Wildman–Crippen MR) is 147 cm³/mol. The zero-order valence-corrected chi connectivity index (χ0v) is 22.2. The monoisotopic (exact) mass is 551 g/mol. The molecule has 0 saturated heterocycles. The van der Waals surface area contributed by atoms with Gasteiger partial charge in [-0.3, -0.25) is 14.4 Å². The van der Waals surface area contributed by atoms with Gasteiger partial charge >= 0.3 is 5.97 Å². The van der Waals surface area contributed by atoms with Gasteiger partial charge in [-0.25, -0.2) is 9.69 Å². The van der Waals surface area contributed by atoms with Crippen LogP contribution in [0.5, 0.6) is 0 Å². The first kappa shape index (κ1) is 26.9. The summed E-state index contributed by atoms with van der Waals surface area (Å²) < 4.78 is 5.15. The number of halogens is 2. The van der Waals surface area contributed by atoms with Crippen molar-refractivity contribution in [1.29, 1.82) is 0 Å². The summed E-state index contributed by atoms with van der Waals surface area (Å²) in [6.07, 6.45) is -0.231. The fourth-order valence-electron chi connectivity index (χ4n) is 3.59. The maximum absolute atomic E-state index is 13.0. The van der Waals surface area contributed by atoms with E-state index in [0.717, 1.165) is 10.5 Å². The number of carbonyl (C=O) groups excluding carboxylic acids is 4. The van der Waals surface area contributed by atoms with Crippen LogP contribution < -0.4 is 15.5 Å². The molecule has 10 heteroatoms. The second-order valence-corrected chi connectivity index (χ2v) is 9.54. The topological polar surface area (TPSA) is 105 Å². The van der Waals surface area contributed by atoms with Crippen LogP contribution in [-0.4, -0.2) is 29.8 Å². The molecular formula is C28H23Cl2N3O5. The molecule has 0 spiro atoms. The summed E-state index contributed by atoms with van der Waals surface area (Å²) in [6, 6.07) is 17.5. The number of rotatable bonds is 7. The van der Waals surface area contributed by atoms with Crippen LogP contribution in [0.25, 0.3) is 0 Å². The average Bonchev–Trinajstić information content (AvgIpc) is 3.09. The Morgan fingerprint density at radius 3 is 2.05 bits per heavy atom. The first-order valence-corrected chi connectivity index (χ1v) is 12.3. The Kier molecular flexibility index (Phi) is 7.85. The molecule has 0 saturated carbocycles. The molecule has 0 radical (unpaired) electrons. The van der Waals surface area contributed by atoms with Crippen molar-refractivity contribution < 1.29 is 23.9 Å². The number of carbonyl (C=O) groups is 4. The lowest BCUT2D eigenvalue weighted by Crippen LogP contribution is -2.32. The van der Waals surface area contributed by atoms with E-state index in [1.165, 1.54) is 6.07 Å². The third-order valence-corrected chi connectivity index (χ3v) is 6.34. The molecule has 194 valence electrons. The van der Waals surface area contributed by atoms with Crippen molar-refractivity contribution in [1.82, 2.24) is 0 Å². The summed E-state index contributed by atoms with van der Waals surface area (Å²) in [5, 5.41) is 5.78. The second-order valence-electron chi connectivity index (χ2n) is 8.76. The molecule has 0 bridgehead atoms. The van der Waals surface area contributed by atoms with E-state index in [-0.39, 0.29) is 22.7 Å². The Morgan fingerprint density at radius 1 is 0.842 bits per heavy atom. The number of esters is 1. The Hall–Kier alpha value is -4.14. The molecular weight excluding hydrogens is 529 g/mol. The van der Waals surface area contributed by atoms with E-state index in [2.05, 4.69) is 10.6 Å². The Bertz CT molecular complexity index is 1460. The van der Waals surface area contributed by atoms with Crippen molar-refractivity contribution in [3.8, 4) is 0 Å². The Balaban J connectivity index is 1.42. The molecule has 0 aromatic heterocycles. The standard InChI is InChI=1S/C28H23Cl2N3O5/c1-15(2)38-28(37)18-7-11-20(12-8-18)32-25(34)17-5-9-19(10-6-17)31-24-23(30)26(35)33(27(24)36)21-13-4-16(3)22(29)14-21/h4-15,31H,1-3H3,(H,32,34). The molecule has 0 fully saturated rings. The van der Waals surface area contributed by atoms with Gasteiger partial charge in [0.05, 0.1) is 17.4 Å². The number of aryl methyl sites for hydroxylation is 1. The molecule has 8 nitrogen and oxygen atoms in total. The van der Waals surface area contributed by atoms with Gasteiger partial charge in [0, 0.05) is 22.0 Å². The van der Waals surface area contributed by atoms with Crippen molar-refractivity contribution in [3.63, 3.8) is 0 Å². The van der Waals surface area contributed by atoms with Crippen molar-refractivity contribution in [2.75, 3.05) is 15.5 Å². The maximum Gasteiger partial charge on any atom is 0.338 e. The van der Waals surface area contributed by atoms with Crippen LogP contribution in [0.2, 0.25) is 5.02 Å². The number of nitrogens with zero attached hydrogens (tertiary/aromatic N) is 1. The molecule has 1 aliphatic heterocycles. The van der Waals surface area contributed by atoms with Gasteiger partial charge in [-0.05, 0) is 87.0 Å². The van der Waals surface area contributed by atoms with Gasteiger partial charge in [0.1, 0.15) is 10.7 Å². The van der Waals surface area contributed by atoms with E-state index in [1.54, 1.807) is 74.5 Å². The molecule has 3 amide bonds. The van der Waals surface area contributed by atoms with Gasteiger partial charge in [-0.1, -0.05) is 29.3 Å². The van der Waals surface area contributed by atoms with Gasteiger partial charge in [-0.15, -0.1) is 0 Å². The summed E-state index contributed by atoms with van der Waals surface area (Å²) in [5.41, 5.74) is 2.71. The number of nitrogens with one attached hydrogen (secondary N) is 2. The van der Waals surface area contributed by atoms with E-state index >= 15 is 0 Å². The molecule has 1 aliphatic rings. The first-order chi connectivity index (χ1) is 18.0. The van der Waals surface area contributed by atoms with Crippen LogP contribution in [0.4, 0.5) is 17.1 Å². The van der Waals surface area contributed by atoms with Crippen LogP contribution in [0.3, 0.4) is 0 Å². The first-order valence-electron chi connectivity index (χ1n) is 11.6. The highest BCUT2D eigenvalue weighted by atomic mass is 35.5. The number of ether oxygens (including phenoxy) is 1. The smallest absolute Gasteiger partial charge is 0.338 e. The van der Waals surface area contributed by atoms with Gasteiger partial charge in [0.15, 0.2) is 0 Å². The Morgan fingerprint density at radius 2 is 1.45 bits per heavy atom. The molecule has 3 aromatic carbocycles. The van der Waals surface area contributed by atoms with Crippen molar-refractivity contribution >= 4 is 64.0 Å². The van der Waals surface area contributed by atoms with Crippen molar-refractivity contribution in [2.24, 2.45) is 0 Å². The van der Waals surface area contributed by atoms with Gasteiger partial charge in [0.25, 0.3) is 17.7 Å². The third-order valence-electron chi connectivity index (χ3n) is 5.58. The molecule has 0 unspecified atom stereocenters. The lowest BCUT2D eigenvalue weighted by Gasteiger charge is -2.16. The fourth-order valence-corrected chi connectivity index (χ4v) is 3.98. The Labute approximate surface area is 229 Å². The van der Waals surface area contributed by atoms with Crippen LogP contribution in [0.1, 0.15) is 40.1 Å². The van der Waals surface area contributed by atoms with Gasteiger partial charge in [-0.2, -0.15) is 0 Å². The van der Waals surface area contributed by atoms with Crippen LogP contribution in [0, 0.1) is 6.92 Å². The van der Waals surface area contributed by atoms with Crippen LogP contribution in [-0.2, 0) is 14.3 Å². The number of hydrogen-bond donors (Lipinski definition) is 2. The summed E-state index contributed by atoms with van der Waals surface area (Å²) in [5.74, 6) is -2.11. The minimum atomic E-state index is -0.668. The SMILES string of the molecule is Cc1ccc(N2C(=O)C(Cl)=C(Nc3ccc(C(=O)Nc4ccc(C(=O)OC(C)C)cc4)cc3)C2=O)cc1Cl. The summed E-state index contributed by atoms with van der Waals surface area (Å²) >= 11 is 12.4. The molecule has 0 aliphatic carbocycles. The van der Waals surface area contributed by atoms with E-state index in [9.17, 15) is 19.2 Å². The van der Waals surface area contributed by atoms with Gasteiger partial charge < -0.3 is 15.4 Å². The lowest BCUT2D eigenvalue weighted by molar-refractivity contribution is -0.120. The van der Waals surface area contributed by atoms with Gasteiger partial charge in [0.2, 0.25) is 0 Å². The molecule has 1 heterocycles. The lowest BCUT2D eigenvalue weighted by atomic mass is 10.1. The van der Waals surface area contributed by atoms with E-state index < -0.39 is 17.8 Å². The summed E-state index contributed by atoms with van der Waals surface area (Å²) in [6.45, 7) is 5.34. The number of hydrogen-bond acceptors (Lipinski definition) is 6. The van der Waals surface area contributed by atoms with Crippen LogP contribution in [0.15, 0.2) is 77.5 Å². The largest absolute Gasteiger partial charge is 0.459 e. The third kappa shape index (κ3) is 5.72. The number of imide groups is 1. The summed E-state index contributed by atoms with van der Waals surface area (Å²) in [4.78, 5) is 51.3. The fraction of sp³-hybridized carbons (Fsp3) is 0.143. The van der Waals surface area contributed by atoms with Crippen molar-refractivity contribution in [3.05, 3.63) is 99.2 Å². The van der Waals surface area contributed by atoms with E-state index in [1.807, 2.05) is 6.92 Å². The van der Waals surface area contributed by atoms with Crippen molar-refractivity contribution in [2.45, 2.75) is 26.9 Å². The number of benzene rings is 3. The minimum Gasteiger partial charge on any atom is -0.459 e. The van der Waals surface area contributed by atoms with Crippen LogP contribution >= 0.6 is 23.2 Å². The molecule has 0 atom stereocenters. The zero-order valence-electron chi connectivity index (χ0n) is 20.7. The zero-order chi connectivity index (χ0) is 27.6. The second kappa shape index (κ2) is 11.1. The summed E-state index contributed by atoms with van der Waals surface area (Å²) in [7, 11) is 0. The molecule has 2 N–H and O–H groups in total. The average molecular weight is 552 g/mol. The van der Waals surface area contributed by atoms with E-state index in [4.69, 9.17) is 27.9 Å². The molecule has 4 rings (SSSR count). The highest BCUT2D eigenvalue weighted by Gasteiger charge is 2.39. The highest BCUT2D eigenvalue weighted by Crippen LogP contribution is 2.32. The minimum absolute atomic E-state index is 0.0818.